The third kappa shape index (κ3) is 2.72. The molecule has 0 radical (unpaired) electrons. The number of nitrogens with one attached hydrogen (secondary N) is 1. The van der Waals surface area contributed by atoms with Crippen LogP contribution in [0.1, 0.15) is 25.6 Å². The number of hydrogen-bond acceptors (Lipinski definition) is 3. The van der Waals surface area contributed by atoms with E-state index >= 15 is 0 Å². The summed E-state index contributed by atoms with van der Waals surface area (Å²) < 4.78 is 7.62. The highest BCUT2D eigenvalue weighted by Gasteiger charge is 2.26. The standard InChI is InChI=1S/C16H23N3O/c1-16(7-9-20-10-8-16)12-17-11-15-18-13-5-3-4-6-14(13)19(15)2/h3-6,17H,7-12H2,1-2H3. The molecule has 1 saturated heterocycles. The van der Waals surface area contributed by atoms with Crippen LogP contribution in [0.2, 0.25) is 0 Å². The molecule has 0 aliphatic carbocycles. The fourth-order valence-electron chi connectivity index (χ4n) is 2.87. The molecule has 2 heterocycles. The minimum absolute atomic E-state index is 0.364. The molecule has 3 rings (SSSR count). The van der Waals surface area contributed by atoms with Gasteiger partial charge in [-0.1, -0.05) is 19.1 Å². The van der Waals surface area contributed by atoms with Gasteiger partial charge in [0.05, 0.1) is 17.6 Å². The Bertz CT molecular complexity index is 584. The van der Waals surface area contributed by atoms with Gasteiger partial charge >= 0.3 is 0 Å². The molecule has 2 aromatic rings. The molecule has 4 nitrogen and oxygen atoms in total. The van der Waals surface area contributed by atoms with Gasteiger partial charge in [-0.15, -0.1) is 0 Å². The normalized spacial score (nSPS) is 18.5. The van der Waals surface area contributed by atoms with Crippen LogP contribution in [0.15, 0.2) is 24.3 Å². The molecule has 0 unspecified atom stereocenters. The Balaban J connectivity index is 1.63. The van der Waals surface area contributed by atoms with Gasteiger partial charge in [0.15, 0.2) is 0 Å². The summed E-state index contributed by atoms with van der Waals surface area (Å²) in [6, 6.07) is 8.28. The molecule has 0 saturated carbocycles. The highest BCUT2D eigenvalue weighted by Crippen LogP contribution is 2.28. The van der Waals surface area contributed by atoms with Crippen LogP contribution in [-0.4, -0.2) is 29.3 Å². The summed E-state index contributed by atoms with van der Waals surface area (Å²) >= 11 is 0. The molecule has 1 aromatic carbocycles. The summed E-state index contributed by atoms with van der Waals surface area (Å²) in [5, 5.41) is 3.57. The largest absolute Gasteiger partial charge is 0.381 e. The van der Waals surface area contributed by atoms with E-state index in [-0.39, 0.29) is 0 Å². The first-order valence-electron chi connectivity index (χ1n) is 7.37. The van der Waals surface area contributed by atoms with E-state index in [9.17, 15) is 0 Å². The van der Waals surface area contributed by atoms with E-state index in [1.807, 2.05) is 6.07 Å². The molecule has 0 spiro atoms. The fourth-order valence-corrected chi connectivity index (χ4v) is 2.87. The van der Waals surface area contributed by atoms with E-state index in [0.717, 1.165) is 50.5 Å². The van der Waals surface area contributed by atoms with Gasteiger partial charge in [-0.3, -0.25) is 0 Å². The number of para-hydroxylation sites is 2. The lowest BCUT2D eigenvalue weighted by Gasteiger charge is -2.33. The number of aromatic nitrogens is 2. The third-order valence-electron chi connectivity index (χ3n) is 4.41. The van der Waals surface area contributed by atoms with Crippen LogP contribution in [0.25, 0.3) is 11.0 Å². The van der Waals surface area contributed by atoms with Crippen molar-refractivity contribution in [3.8, 4) is 0 Å². The van der Waals surface area contributed by atoms with E-state index in [4.69, 9.17) is 9.72 Å². The quantitative estimate of drug-likeness (QED) is 0.930. The number of nitrogens with zero attached hydrogens (tertiary/aromatic N) is 2. The predicted molar refractivity (Wildman–Crippen MR) is 80.6 cm³/mol. The summed E-state index contributed by atoms with van der Waals surface area (Å²) in [6.07, 6.45) is 2.28. The van der Waals surface area contributed by atoms with Gasteiger partial charge in [-0.25, -0.2) is 4.98 Å². The van der Waals surface area contributed by atoms with Gasteiger partial charge in [0.1, 0.15) is 5.82 Å². The van der Waals surface area contributed by atoms with E-state index in [1.54, 1.807) is 0 Å². The second-order valence-electron chi connectivity index (χ2n) is 6.10. The molecule has 0 bridgehead atoms. The average Bonchev–Trinajstić information content (AvgIpc) is 2.77. The van der Waals surface area contributed by atoms with Gasteiger partial charge in [-0.2, -0.15) is 0 Å². The van der Waals surface area contributed by atoms with Crippen LogP contribution in [0.3, 0.4) is 0 Å². The number of imidazole rings is 1. The van der Waals surface area contributed by atoms with Gasteiger partial charge in [0.2, 0.25) is 0 Å². The van der Waals surface area contributed by atoms with Gasteiger partial charge in [-0.05, 0) is 30.4 Å². The first-order valence-corrected chi connectivity index (χ1v) is 7.37. The molecule has 1 aliphatic heterocycles. The van der Waals surface area contributed by atoms with Crippen molar-refractivity contribution < 1.29 is 4.74 Å². The van der Waals surface area contributed by atoms with Crippen LogP contribution in [0, 0.1) is 5.41 Å². The number of benzene rings is 1. The lowest BCUT2D eigenvalue weighted by atomic mass is 9.82. The van der Waals surface area contributed by atoms with Crippen molar-refractivity contribution >= 4 is 11.0 Å². The first-order chi connectivity index (χ1) is 9.68. The lowest BCUT2D eigenvalue weighted by molar-refractivity contribution is 0.0239. The Kier molecular flexibility index (Phi) is 3.76. The minimum atomic E-state index is 0.364. The molecule has 1 aromatic heterocycles. The minimum Gasteiger partial charge on any atom is -0.381 e. The molecule has 108 valence electrons. The first kappa shape index (κ1) is 13.6. The maximum atomic E-state index is 5.44. The van der Waals surface area contributed by atoms with E-state index < -0.39 is 0 Å². The number of hydrogen-bond donors (Lipinski definition) is 1. The molecule has 1 fully saturated rings. The van der Waals surface area contributed by atoms with E-state index in [1.165, 1.54) is 5.52 Å². The Morgan fingerprint density at radius 3 is 2.80 bits per heavy atom. The van der Waals surface area contributed by atoms with Crippen LogP contribution < -0.4 is 5.32 Å². The zero-order valence-electron chi connectivity index (χ0n) is 12.4. The smallest absolute Gasteiger partial charge is 0.123 e. The summed E-state index contributed by atoms with van der Waals surface area (Å²) in [6.45, 7) is 5.98. The Morgan fingerprint density at radius 1 is 1.30 bits per heavy atom. The molecule has 1 N–H and O–H groups in total. The molecule has 20 heavy (non-hydrogen) atoms. The van der Waals surface area contributed by atoms with Crippen molar-refractivity contribution in [2.45, 2.75) is 26.3 Å². The SMILES string of the molecule is Cn1c(CNCC2(C)CCOCC2)nc2ccccc21. The maximum absolute atomic E-state index is 5.44. The molecule has 4 heteroatoms. The zero-order valence-corrected chi connectivity index (χ0v) is 12.4. The Hall–Kier alpha value is -1.39. The van der Waals surface area contributed by atoms with Gasteiger partial charge in [0, 0.05) is 26.8 Å². The second kappa shape index (κ2) is 5.54. The average molecular weight is 273 g/mol. The van der Waals surface area contributed by atoms with Gasteiger partial charge < -0.3 is 14.6 Å². The summed E-state index contributed by atoms with van der Waals surface area (Å²) in [5.41, 5.74) is 2.63. The predicted octanol–water partition coefficient (Wildman–Crippen LogP) is 2.48. The second-order valence-corrected chi connectivity index (χ2v) is 6.10. The summed E-state index contributed by atoms with van der Waals surface area (Å²) in [4.78, 5) is 4.69. The number of aryl methyl sites for hydroxylation is 1. The van der Waals surface area contributed by atoms with Crippen LogP contribution >= 0.6 is 0 Å². The summed E-state index contributed by atoms with van der Waals surface area (Å²) in [5.74, 6) is 1.10. The lowest BCUT2D eigenvalue weighted by Crippen LogP contribution is -2.36. The van der Waals surface area contributed by atoms with E-state index in [2.05, 4.69) is 42.1 Å². The topological polar surface area (TPSA) is 39.1 Å². The number of rotatable bonds is 4. The zero-order chi connectivity index (χ0) is 14.0. The van der Waals surface area contributed by atoms with E-state index in [0.29, 0.717) is 5.41 Å². The third-order valence-corrected chi connectivity index (χ3v) is 4.41. The van der Waals surface area contributed by atoms with Crippen LogP contribution in [0.5, 0.6) is 0 Å². The van der Waals surface area contributed by atoms with Crippen LogP contribution in [0.4, 0.5) is 0 Å². The highest BCUT2D eigenvalue weighted by molar-refractivity contribution is 5.75. The van der Waals surface area contributed by atoms with Gasteiger partial charge in [0.25, 0.3) is 0 Å². The molecule has 0 amide bonds. The van der Waals surface area contributed by atoms with Crippen molar-refractivity contribution in [1.29, 1.82) is 0 Å². The molecule has 1 aliphatic rings. The molecular weight excluding hydrogens is 250 g/mol. The monoisotopic (exact) mass is 273 g/mol. The number of fused-ring (bicyclic) bond motifs is 1. The Labute approximate surface area is 120 Å². The highest BCUT2D eigenvalue weighted by atomic mass is 16.5. The van der Waals surface area contributed by atoms with Crippen molar-refractivity contribution in [3.05, 3.63) is 30.1 Å². The van der Waals surface area contributed by atoms with Crippen molar-refractivity contribution in [2.24, 2.45) is 12.5 Å². The van der Waals surface area contributed by atoms with Crippen molar-refractivity contribution in [3.63, 3.8) is 0 Å². The molecule has 0 atom stereocenters. The van der Waals surface area contributed by atoms with Crippen LogP contribution in [-0.2, 0) is 18.3 Å². The number of ether oxygens (including phenoxy) is 1. The summed E-state index contributed by atoms with van der Waals surface area (Å²) in [7, 11) is 2.09. The maximum Gasteiger partial charge on any atom is 0.123 e. The Morgan fingerprint density at radius 2 is 2.05 bits per heavy atom. The fraction of sp³-hybridized carbons (Fsp3) is 0.562. The molecular formula is C16H23N3O. The van der Waals surface area contributed by atoms with Crippen molar-refractivity contribution in [1.82, 2.24) is 14.9 Å². The van der Waals surface area contributed by atoms with Crippen molar-refractivity contribution in [2.75, 3.05) is 19.8 Å².